The molecule has 1 heterocycles. The number of carbonyl (C=O) groups is 1. The van der Waals surface area contributed by atoms with Gasteiger partial charge in [-0.2, -0.15) is 5.26 Å². The first kappa shape index (κ1) is 18.0. The third kappa shape index (κ3) is 5.33. The van der Waals surface area contributed by atoms with E-state index >= 15 is 0 Å². The molecule has 1 fully saturated rings. The van der Waals surface area contributed by atoms with E-state index in [0.717, 1.165) is 31.6 Å². The van der Waals surface area contributed by atoms with Gasteiger partial charge in [-0.15, -0.1) is 0 Å². The fraction of sp³-hybridized carbons (Fsp3) is 0.333. The lowest BCUT2D eigenvalue weighted by atomic mass is 10.1. The van der Waals surface area contributed by atoms with Crippen LogP contribution in [-0.4, -0.2) is 30.6 Å². The average molecular weight is 348 g/mol. The summed E-state index contributed by atoms with van der Waals surface area (Å²) in [5, 5.41) is 14.6. The maximum Gasteiger partial charge on any atom is 0.315 e. The molecule has 0 bridgehead atoms. The molecule has 0 aliphatic carbocycles. The van der Waals surface area contributed by atoms with Crippen molar-refractivity contribution in [3.63, 3.8) is 0 Å². The molecule has 2 N–H and O–H groups in total. The number of hydrogen-bond donors (Lipinski definition) is 2. The van der Waals surface area contributed by atoms with Gasteiger partial charge in [-0.25, -0.2) is 4.79 Å². The van der Waals surface area contributed by atoms with Gasteiger partial charge in [-0.1, -0.05) is 42.5 Å². The highest BCUT2D eigenvalue weighted by Crippen LogP contribution is 2.18. The minimum Gasteiger partial charge on any atom is -0.338 e. The number of carbonyl (C=O) groups excluding carboxylic acids is 1. The molecule has 0 spiro atoms. The predicted molar refractivity (Wildman–Crippen MR) is 101 cm³/mol. The highest BCUT2D eigenvalue weighted by Gasteiger charge is 2.22. The Balaban J connectivity index is 1.35. The summed E-state index contributed by atoms with van der Waals surface area (Å²) < 4.78 is 0. The summed E-state index contributed by atoms with van der Waals surface area (Å²) in [4.78, 5) is 14.4. The van der Waals surface area contributed by atoms with Gasteiger partial charge in [0.15, 0.2) is 0 Å². The Labute approximate surface area is 154 Å². The third-order valence-corrected chi connectivity index (χ3v) is 4.71. The third-order valence-electron chi connectivity index (χ3n) is 4.71. The summed E-state index contributed by atoms with van der Waals surface area (Å²) in [7, 11) is 0. The van der Waals surface area contributed by atoms with E-state index in [1.165, 1.54) is 5.56 Å². The Bertz CT molecular complexity index is 752. The minimum absolute atomic E-state index is 0.143. The van der Waals surface area contributed by atoms with Crippen LogP contribution in [0.15, 0.2) is 54.6 Å². The highest BCUT2D eigenvalue weighted by molar-refractivity contribution is 5.73. The Morgan fingerprint density at radius 3 is 2.58 bits per heavy atom. The summed E-state index contributed by atoms with van der Waals surface area (Å²) in [6, 6.07) is 19.7. The van der Waals surface area contributed by atoms with E-state index in [2.05, 4.69) is 45.9 Å². The number of rotatable bonds is 6. The van der Waals surface area contributed by atoms with Crippen LogP contribution in [0.25, 0.3) is 0 Å². The molecule has 5 heteroatoms. The summed E-state index contributed by atoms with van der Waals surface area (Å²) in [6.45, 7) is 4.23. The van der Waals surface area contributed by atoms with Crippen molar-refractivity contribution in [2.45, 2.75) is 19.5 Å². The monoisotopic (exact) mass is 348 g/mol. The van der Waals surface area contributed by atoms with Crippen LogP contribution in [0.5, 0.6) is 0 Å². The van der Waals surface area contributed by atoms with E-state index in [9.17, 15) is 4.79 Å². The largest absolute Gasteiger partial charge is 0.338 e. The topological polar surface area (TPSA) is 68.2 Å². The number of benzene rings is 2. The molecular weight excluding hydrogens is 324 g/mol. The number of nitrogens with zero attached hydrogens (tertiary/aromatic N) is 2. The second kappa shape index (κ2) is 9.02. The second-order valence-electron chi connectivity index (χ2n) is 6.75. The van der Waals surface area contributed by atoms with E-state index in [-0.39, 0.29) is 6.03 Å². The molecule has 5 nitrogen and oxygen atoms in total. The van der Waals surface area contributed by atoms with Gasteiger partial charge in [-0.3, -0.25) is 4.90 Å². The molecule has 0 radical (unpaired) electrons. The SMILES string of the molecule is N#Cc1ccc(CNC(=O)NC[C@@H]2CCN(Cc3ccccc3)C2)cc1. The molecule has 134 valence electrons. The lowest BCUT2D eigenvalue weighted by Gasteiger charge is -2.16. The zero-order valence-corrected chi connectivity index (χ0v) is 14.8. The van der Waals surface area contributed by atoms with Crippen molar-refractivity contribution in [1.29, 1.82) is 5.26 Å². The number of likely N-dealkylation sites (tertiary alicyclic amines) is 1. The van der Waals surface area contributed by atoms with Gasteiger partial charge < -0.3 is 10.6 Å². The quantitative estimate of drug-likeness (QED) is 0.843. The molecule has 1 aliphatic rings. The van der Waals surface area contributed by atoms with E-state index in [1.54, 1.807) is 12.1 Å². The van der Waals surface area contributed by atoms with Crippen LogP contribution in [0.1, 0.15) is 23.1 Å². The smallest absolute Gasteiger partial charge is 0.315 e. The van der Waals surface area contributed by atoms with E-state index < -0.39 is 0 Å². The summed E-state index contributed by atoms with van der Waals surface area (Å²) in [5.41, 5.74) is 2.94. The van der Waals surface area contributed by atoms with Crippen LogP contribution in [0.4, 0.5) is 4.79 Å². The van der Waals surface area contributed by atoms with Crippen molar-refractivity contribution in [3.8, 4) is 6.07 Å². The number of nitrogens with one attached hydrogen (secondary N) is 2. The molecule has 1 atom stereocenters. The van der Waals surface area contributed by atoms with Gasteiger partial charge in [-0.05, 0) is 42.1 Å². The number of amides is 2. The highest BCUT2D eigenvalue weighted by atomic mass is 16.2. The van der Waals surface area contributed by atoms with E-state index in [1.807, 2.05) is 18.2 Å². The van der Waals surface area contributed by atoms with Crippen molar-refractivity contribution < 1.29 is 4.79 Å². The van der Waals surface area contributed by atoms with Gasteiger partial charge in [0.05, 0.1) is 11.6 Å². The van der Waals surface area contributed by atoms with Crippen LogP contribution < -0.4 is 10.6 Å². The van der Waals surface area contributed by atoms with Crippen LogP contribution >= 0.6 is 0 Å². The molecule has 0 aromatic heterocycles. The van der Waals surface area contributed by atoms with Crippen molar-refractivity contribution in [1.82, 2.24) is 15.5 Å². The van der Waals surface area contributed by atoms with Crippen molar-refractivity contribution in [2.75, 3.05) is 19.6 Å². The Hall–Kier alpha value is -2.84. The average Bonchev–Trinajstić information content (AvgIpc) is 3.13. The maximum absolute atomic E-state index is 12.0. The van der Waals surface area contributed by atoms with Crippen LogP contribution in [-0.2, 0) is 13.1 Å². The van der Waals surface area contributed by atoms with Gasteiger partial charge in [0.1, 0.15) is 0 Å². The summed E-state index contributed by atoms with van der Waals surface area (Å²) in [6.07, 6.45) is 1.11. The first-order valence-corrected chi connectivity index (χ1v) is 9.00. The second-order valence-corrected chi connectivity index (χ2v) is 6.75. The maximum atomic E-state index is 12.0. The predicted octanol–water partition coefficient (Wildman–Crippen LogP) is 2.88. The molecule has 26 heavy (non-hydrogen) atoms. The Morgan fingerprint density at radius 2 is 1.85 bits per heavy atom. The van der Waals surface area contributed by atoms with E-state index in [4.69, 9.17) is 5.26 Å². The van der Waals surface area contributed by atoms with Crippen LogP contribution in [0.3, 0.4) is 0 Å². The zero-order chi connectivity index (χ0) is 18.2. The first-order chi connectivity index (χ1) is 12.7. The molecule has 1 aliphatic heterocycles. The van der Waals surface area contributed by atoms with E-state index in [0.29, 0.717) is 24.6 Å². The molecular formula is C21H24N4O. The molecule has 0 saturated carbocycles. The fourth-order valence-corrected chi connectivity index (χ4v) is 3.24. The van der Waals surface area contributed by atoms with Gasteiger partial charge in [0, 0.05) is 26.2 Å². The lowest BCUT2D eigenvalue weighted by Crippen LogP contribution is -2.38. The zero-order valence-electron chi connectivity index (χ0n) is 14.8. The van der Waals surface area contributed by atoms with Crippen LogP contribution in [0.2, 0.25) is 0 Å². The van der Waals surface area contributed by atoms with Crippen molar-refractivity contribution in [3.05, 3.63) is 71.3 Å². The molecule has 2 amide bonds. The molecule has 0 unspecified atom stereocenters. The Morgan fingerprint density at radius 1 is 1.08 bits per heavy atom. The lowest BCUT2D eigenvalue weighted by molar-refractivity contribution is 0.238. The van der Waals surface area contributed by atoms with Gasteiger partial charge >= 0.3 is 6.03 Å². The summed E-state index contributed by atoms with van der Waals surface area (Å²) >= 11 is 0. The number of urea groups is 1. The molecule has 3 rings (SSSR count). The van der Waals surface area contributed by atoms with Crippen molar-refractivity contribution >= 4 is 6.03 Å². The summed E-state index contributed by atoms with van der Waals surface area (Å²) in [5.74, 6) is 0.499. The number of hydrogen-bond acceptors (Lipinski definition) is 3. The van der Waals surface area contributed by atoms with Crippen molar-refractivity contribution in [2.24, 2.45) is 5.92 Å². The van der Waals surface area contributed by atoms with Crippen LogP contribution in [0, 0.1) is 17.2 Å². The standard InChI is InChI=1S/C21H24N4O/c22-12-17-6-8-18(9-7-17)13-23-21(26)24-14-20-10-11-25(16-20)15-19-4-2-1-3-5-19/h1-9,20H,10-11,13-16H2,(H2,23,24,26)/t20-/m0/s1. The molecule has 2 aromatic carbocycles. The molecule has 1 saturated heterocycles. The number of nitriles is 1. The van der Waals surface area contributed by atoms with Gasteiger partial charge in [0.25, 0.3) is 0 Å². The van der Waals surface area contributed by atoms with Gasteiger partial charge in [0.2, 0.25) is 0 Å². The minimum atomic E-state index is -0.143. The fourth-order valence-electron chi connectivity index (χ4n) is 3.24. The molecule has 2 aromatic rings. The Kier molecular flexibility index (Phi) is 6.24. The normalized spacial score (nSPS) is 16.8. The first-order valence-electron chi connectivity index (χ1n) is 9.00.